The second kappa shape index (κ2) is 4.62. The normalized spacial score (nSPS) is 12.6. The molecule has 1 atom stereocenters. The molecule has 2 N–H and O–H groups in total. The van der Waals surface area contributed by atoms with Gasteiger partial charge in [0.2, 0.25) is 0 Å². The van der Waals surface area contributed by atoms with E-state index in [4.69, 9.17) is 22.1 Å². The lowest BCUT2D eigenvalue weighted by atomic mass is 10.1. The lowest BCUT2D eigenvalue weighted by molar-refractivity contribution is 0.410. The molecule has 0 saturated carbocycles. The zero-order valence-corrected chi connectivity index (χ0v) is 8.94. The molecule has 1 rings (SSSR count). The quantitative estimate of drug-likeness (QED) is 0.844. The number of hydrogen-bond acceptors (Lipinski definition) is 2. The zero-order chi connectivity index (χ0) is 10.7. The summed E-state index contributed by atoms with van der Waals surface area (Å²) in [4.78, 5) is 0. The predicted molar refractivity (Wildman–Crippen MR) is 55.3 cm³/mol. The van der Waals surface area contributed by atoms with Gasteiger partial charge in [0, 0.05) is 12.1 Å². The molecule has 0 amide bonds. The molecule has 0 bridgehead atoms. The van der Waals surface area contributed by atoms with Crippen LogP contribution in [0, 0.1) is 5.82 Å². The number of benzene rings is 1. The molecule has 0 saturated heterocycles. The Morgan fingerprint density at radius 1 is 1.57 bits per heavy atom. The van der Waals surface area contributed by atoms with Crippen LogP contribution in [0.3, 0.4) is 0 Å². The lowest BCUT2D eigenvalue weighted by Crippen LogP contribution is -2.18. The molecule has 0 aliphatic carbocycles. The van der Waals surface area contributed by atoms with E-state index in [2.05, 4.69) is 0 Å². The number of methoxy groups -OCH3 is 1. The van der Waals surface area contributed by atoms with E-state index in [1.54, 1.807) is 0 Å². The SMILES string of the molecule is COc1cc(F)cc(CC(C)N)c1Cl. The van der Waals surface area contributed by atoms with Crippen LogP contribution in [0.2, 0.25) is 5.02 Å². The van der Waals surface area contributed by atoms with Crippen LogP contribution in [-0.4, -0.2) is 13.2 Å². The Hall–Kier alpha value is -0.800. The highest BCUT2D eigenvalue weighted by molar-refractivity contribution is 6.32. The number of halogens is 2. The van der Waals surface area contributed by atoms with Gasteiger partial charge in [0.1, 0.15) is 11.6 Å². The highest BCUT2D eigenvalue weighted by Crippen LogP contribution is 2.29. The van der Waals surface area contributed by atoms with Gasteiger partial charge < -0.3 is 10.5 Å². The summed E-state index contributed by atoms with van der Waals surface area (Å²) in [5.41, 5.74) is 6.29. The van der Waals surface area contributed by atoms with E-state index in [9.17, 15) is 4.39 Å². The van der Waals surface area contributed by atoms with E-state index in [0.717, 1.165) is 0 Å². The molecule has 78 valence electrons. The Balaban J connectivity index is 3.08. The zero-order valence-electron chi connectivity index (χ0n) is 8.18. The maximum atomic E-state index is 13.1. The van der Waals surface area contributed by atoms with Crippen molar-refractivity contribution in [2.24, 2.45) is 5.73 Å². The van der Waals surface area contributed by atoms with Gasteiger partial charge in [-0.25, -0.2) is 4.39 Å². The van der Waals surface area contributed by atoms with Crippen molar-refractivity contribution in [3.8, 4) is 5.75 Å². The average Bonchev–Trinajstić information content (AvgIpc) is 2.09. The number of hydrogen-bond donors (Lipinski definition) is 1. The summed E-state index contributed by atoms with van der Waals surface area (Å²) < 4.78 is 18.0. The molecule has 1 unspecified atom stereocenters. The molecular weight excluding hydrogens is 205 g/mol. The minimum absolute atomic E-state index is 0.0565. The van der Waals surface area contributed by atoms with Crippen LogP contribution < -0.4 is 10.5 Å². The predicted octanol–water partition coefficient (Wildman–Crippen LogP) is 2.38. The van der Waals surface area contributed by atoms with Crippen LogP contribution in [0.5, 0.6) is 5.75 Å². The average molecular weight is 218 g/mol. The summed E-state index contributed by atoms with van der Waals surface area (Å²) in [5.74, 6) is -0.00998. The fraction of sp³-hybridized carbons (Fsp3) is 0.400. The molecule has 0 fully saturated rings. The van der Waals surface area contributed by atoms with Crippen molar-refractivity contribution in [2.45, 2.75) is 19.4 Å². The summed E-state index contributed by atoms with van der Waals surface area (Å²) in [5, 5.41) is 0.436. The van der Waals surface area contributed by atoms with Crippen molar-refractivity contribution in [1.29, 1.82) is 0 Å². The number of rotatable bonds is 3. The smallest absolute Gasteiger partial charge is 0.140 e. The van der Waals surface area contributed by atoms with Crippen LogP contribution in [0.1, 0.15) is 12.5 Å². The fourth-order valence-corrected chi connectivity index (χ4v) is 1.53. The first-order valence-electron chi connectivity index (χ1n) is 4.32. The van der Waals surface area contributed by atoms with Crippen molar-refractivity contribution in [2.75, 3.05) is 7.11 Å². The largest absolute Gasteiger partial charge is 0.495 e. The Kier molecular flexibility index (Phi) is 3.72. The first-order valence-corrected chi connectivity index (χ1v) is 4.70. The standard InChI is InChI=1S/C10H13ClFNO/c1-6(13)3-7-4-8(12)5-9(14-2)10(7)11/h4-6H,3,13H2,1-2H3. The molecule has 0 heterocycles. The molecule has 1 aromatic rings. The lowest BCUT2D eigenvalue weighted by Gasteiger charge is -2.10. The van der Waals surface area contributed by atoms with Crippen molar-refractivity contribution in [3.63, 3.8) is 0 Å². The highest BCUT2D eigenvalue weighted by atomic mass is 35.5. The van der Waals surface area contributed by atoms with Crippen molar-refractivity contribution >= 4 is 11.6 Å². The highest BCUT2D eigenvalue weighted by Gasteiger charge is 2.10. The minimum atomic E-state index is -0.359. The molecule has 0 aliphatic heterocycles. The van der Waals surface area contributed by atoms with Gasteiger partial charge in [-0.05, 0) is 25.0 Å². The summed E-state index contributed by atoms with van der Waals surface area (Å²) in [6.45, 7) is 1.84. The van der Waals surface area contributed by atoms with Gasteiger partial charge in [-0.1, -0.05) is 11.6 Å². The molecule has 4 heteroatoms. The summed E-state index contributed by atoms with van der Waals surface area (Å²) in [6, 6.07) is 2.58. The van der Waals surface area contributed by atoms with Gasteiger partial charge in [-0.3, -0.25) is 0 Å². The Bertz CT molecular complexity index is 328. The van der Waals surface area contributed by atoms with Crippen LogP contribution in [0.4, 0.5) is 4.39 Å². The van der Waals surface area contributed by atoms with E-state index in [1.807, 2.05) is 6.92 Å². The summed E-state index contributed by atoms with van der Waals surface area (Å²) in [6.07, 6.45) is 0.535. The maximum absolute atomic E-state index is 13.1. The molecule has 14 heavy (non-hydrogen) atoms. The topological polar surface area (TPSA) is 35.2 Å². The van der Waals surface area contributed by atoms with Gasteiger partial charge in [0.05, 0.1) is 12.1 Å². The fourth-order valence-electron chi connectivity index (χ4n) is 1.26. The monoisotopic (exact) mass is 217 g/mol. The molecule has 0 radical (unpaired) electrons. The Morgan fingerprint density at radius 2 is 2.21 bits per heavy atom. The molecular formula is C10H13ClFNO. The van der Waals surface area contributed by atoms with Crippen LogP contribution in [0.25, 0.3) is 0 Å². The third-order valence-electron chi connectivity index (χ3n) is 1.84. The Morgan fingerprint density at radius 3 is 2.71 bits per heavy atom. The second-order valence-corrected chi connectivity index (χ2v) is 3.64. The molecule has 0 spiro atoms. The molecule has 0 aromatic heterocycles. The maximum Gasteiger partial charge on any atom is 0.140 e. The van der Waals surface area contributed by atoms with Gasteiger partial charge >= 0.3 is 0 Å². The van der Waals surface area contributed by atoms with Crippen LogP contribution >= 0.6 is 11.6 Å². The third kappa shape index (κ3) is 2.59. The number of nitrogens with two attached hydrogens (primary N) is 1. The van der Waals surface area contributed by atoms with Crippen molar-refractivity contribution in [1.82, 2.24) is 0 Å². The van der Waals surface area contributed by atoms with Gasteiger partial charge in [0.15, 0.2) is 0 Å². The van der Waals surface area contributed by atoms with E-state index in [1.165, 1.54) is 19.2 Å². The van der Waals surface area contributed by atoms with E-state index >= 15 is 0 Å². The van der Waals surface area contributed by atoms with Crippen molar-refractivity contribution in [3.05, 3.63) is 28.5 Å². The van der Waals surface area contributed by atoms with Crippen LogP contribution in [0.15, 0.2) is 12.1 Å². The minimum Gasteiger partial charge on any atom is -0.495 e. The van der Waals surface area contributed by atoms with E-state index in [-0.39, 0.29) is 11.9 Å². The molecule has 2 nitrogen and oxygen atoms in total. The van der Waals surface area contributed by atoms with Gasteiger partial charge in [-0.2, -0.15) is 0 Å². The molecule has 1 aromatic carbocycles. The van der Waals surface area contributed by atoms with Crippen molar-refractivity contribution < 1.29 is 9.13 Å². The first kappa shape index (κ1) is 11.3. The van der Waals surface area contributed by atoms with E-state index < -0.39 is 0 Å². The summed E-state index contributed by atoms with van der Waals surface area (Å²) in [7, 11) is 1.45. The Labute approximate surface area is 87.8 Å². The summed E-state index contributed by atoms with van der Waals surface area (Å²) >= 11 is 5.98. The second-order valence-electron chi connectivity index (χ2n) is 3.26. The van der Waals surface area contributed by atoms with Crippen LogP contribution in [-0.2, 0) is 6.42 Å². The third-order valence-corrected chi connectivity index (χ3v) is 2.27. The van der Waals surface area contributed by atoms with E-state index in [0.29, 0.717) is 22.8 Å². The first-order chi connectivity index (χ1) is 6.54. The number of ether oxygens (including phenoxy) is 1. The van der Waals surface area contributed by atoms with Gasteiger partial charge in [0.25, 0.3) is 0 Å². The molecule has 0 aliphatic rings. The van der Waals surface area contributed by atoms with Gasteiger partial charge in [-0.15, -0.1) is 0 Å².